The lowest BCUT2D eigenvalue weighted by Gasteiger charge is -2.42. The summed E-state index contributed by atoms with van der Waals surface area (Å²) in [6.07, 6.45) is 5.84. The molecule has 5 rings (SSSR count). The van der Waals surface area contributed by atoms with Gasteiger partial charge in [-0.15, -0.1) is 0 Å². The number of carbonyl (C=O) groups excluding carboxylic acids is 2. The molecule has 1 spiro atoms. The average molecular weight is 736 g/mol. The van der Waals surface area contributed by atoms with Crippen molar-refractivity contribution in [2.75, 3.05) is 29.9 Å². The number of benzene rings is 1. The molecule has 3 aromatic rings. The maximum absolute atomic E-state index is 13.0. The molecular weight excluding hydrogens is 700 g/mol. The number of alkyl carbamates (subject to hydrolysis) is 1. The maximum atomic E-state index is 13.0. The van der Waals surface area contributed by atoms with E-state index in [0.717, 1.165) is 31.7 Å². The largest absolute Gasteiger partial charge is 0.506 e. The highest BCUT2D eigenvalue weighted by molar-refractivity contribution is 9.10. The summed E-state index contributed by atoms with van der Waals surface area (Å²) in [5.41, 5.74) is -1.54. The van der Waals surface area contributed by atoms with Crippen LogP contribution in [0.15, 0.2) is 56.0 Å². The van der Waals surface area contributed by atoms with Crippen LogP contribution in [0.4, 0.5) is 16.3 Å². The van der Waals surface area contributed by atoms with Gasteiger partial charge < -0.3 is 34.7 Å². The van der Waals surface area contributed by atoms with Gasteiger partial charge in [0, 0.05) is 36.6 Å². The minimum atomic E-state index is -0.790. The molecule has 0 bridgehead atoms. The molecule has 12 nitrogen and oxygen atoms in total. The van der Waals surface area contributed by atoms with Crippen LogP contribution in [0.25, 0.3) is 0 Å². The third kappa shape index (κ3) is 7.29. The third-order valence-corrected chi connectivity index (χ3v) is 10.2. The topological polar surface area (TPSA) is 148 Å². The first-order valence-corrected chi connectivity index (χ1v) is 16.7. The van der Waals surface area contributed by atoms with Crippen molar-refractivity contribution in [3.8, 4) is 5.75 Å². The van der Waals surface area contributed by atoms with Crippen LogP contribution in [0, 0.1) is 5.41 Å². The van der Waals surface area contributed by atoms with Gasteiger partial charge in [-0.05, 0) is 68.6 Å². The lowest BCUT2D eigenvalue weighted by atomic mass is 9.73. The van der Waals surface area contributed by atoms with Crippen LogP contribution in [-0.4, -0.2) is 69.1 Å². The highest BCUT2D eigenvalue weighted by atomic mass is 79.9. The summed E-state index contributed by atoms with van der Waals surface area (Å²) in [6, 6.07) is 4.95. The van der Waals surface area contributed by atoms with Gasteiger partial charge in [0.25, 0.3) is 11.5 Å². The summed E-state index contributed by atoms with van der Waals surface area (Å²) in [4.78, 5) is 50.1. The molecule has 2 fully saturated rings. The van der Waals surface area contributed by atoms with E-state index in [9.17, 15) is 19.5 Å². The Hall–Kier alpha value is -3.33. The van der Waals surface area contributed by atoms with Crippen molar-refractivity contribution in [1.29, 1.82) is 0 Å². The van der Waals surface area contributed by atoms with Gasteiger partial charge in [0.05, 0.1) is 46.3 Å². The fourth-order valence-electron chi connectivity index (χ4n) is 5.72. The molecule has 2 aromatic heterocycles. The van der Waals surface area contributed by atoms with Gasteiger partial charge >= 0.3 is 6.09 Å². The van der Waals surface area contributed by atoms with E-state index in [4.69, 9.17) is 21.1 Å². The van der Waals surface area contributed by atoms with E-state index in [1.54, 1.807) is 30.6 Å². The molecule has 46 heavy (non-hydrogen) atoms. The summed E-state index contributed by atoms with van der Waals surface area (Å²) < 4.78 is 12.9. The first-order chi connectivity index (χ1) is 21.7. The zero-order chi connectivity index (χ0) is 33.4. The van der Waals surface area contributed by atoms with E-state index < -0.39 is 34.5 Å². The smallest absolute Gasteiger partial charge is 0.407 e. The second kappa shape index (κ2) is 13.4. The molecule has 0 saturated carbocycles. The molecule has 246 valence electrons. The number of piperidine rings is 1. The van der Waals surface area contributed by atoms with Crippen molar-refractivity contribution in [1.82, 2.24) is 19.9 Å². The number of nitrogens with one attached hydrogen (secondary N) is 2. The summed E-state index contributed by atoms with van der Waals surface area (Å²) >= 11 is 11.1. The molecule has 3 N–H and O–H groups in total. The number of pyridine rings is 1. The Morgan fingerprint density at radius 3 is 2.59 bits per heavy atom. The second-order valence-corrected chi connectivity index (χ2v) is 14.8. The predicted molar refractivity (Wildman–Crippen MR) is 179 cm³/mol. The van der Waals surface area contributed by atoms with E-state index in [2.05, 4.69) is 41.4 Å². The first-order valence-electron chi connectivity index (χ1n) is 14.7. The Morgan fingerprint density at radius 1 is 1.22 bits per heavy atom. The molecule has 0 radical (unpaired) electrons. The molecule has 2 amide bonds. The molecule has 0 unspecified atom stereocenters. The van der Waals surface area contributed by atoms with Gasteiger partial charge in [-0.25, -0.2) is 14.8 Å². The van der Waals surface area contributed by atoms with Gasteiger partial charge in [0.1, 0.15) is 27.8 Å². The monoisotopic (exact) mass is 734 g/mol. The number of amides is 2. The number of halogens is 2. The van der Waals surface area contributed by atoms with E-state index in [0.29, 0.717) is 16.5 Å². The van der Waals surface area contributed by atoms with Crippen LogP contribution in [-0.2, 0) is 16.5 Å². The maximum Gasteiger partial charge on any atom is 0.407 e. The number of carbonyl (C=O) groups is 2. The molecule has 1 aromatic carbocycles. The van der Waals surface area contributed by atoms with Crippen LogP contribution in [0.1, 0.15) is 50.9 Å². The predicted octanol–water partition coefficient (Wildman–Crippen LogP) is 5.60. The van der Waals surface area contributed by atoms with Crippen molar-refractivity contribution < 1.29 is 24.2 Å². The number of rotatable bonds is 6. The van der Waals surface area contributed by atoms with Crippen molar-refractivity contribution in [3.05, 3.63) is 62.2 Å². The zero-order valence-electron chi connectivity index (χ0n) is 26.1. The minimum Gasteiger partial charge on any atom is -0.506 e. The van der Waals surface area contributed by atoms with Crippen LogP contribution >= 0.6 is 39.3 Å². The van der Waals surface area contributed by atoms with E-state index in [1.807, 2.05) is 27.7 Å². The van der Waals surface area contributed by atoms with Gasteiger partial charge in [-0.1, -0.05) is 29.4 Å². The number of hydrogen-bond acceptors (Lipinski definition) is 10. The molecule has 2 aliphatic rings. The number of aromatic hydroxyl groups is 1. The fraction of sp³-hybridized carbons (Fsp3) is 0.452. The number of aryl methyl sites for hydroxylation is 1. The number of hydrogen-bond donors (Lipinski definition) is 3. The van der Waals surface area contributed by atoms with Crippen LogP contribution in [0.2, 0.25) is 5.02 Å². The number of ether oxygens (including phenoxy) is 2. The van der Waals surface area contributed by atoms with E-state index in [1.165, 1.54) is 29.6 Å². The minimum absolute atomic E-state index is 0.117. The van der Waals surface area contributed by atoms with Gasteiger partial charge in [-0.3, -0.25) is 9.59 Å². The number of anilines is 2. The molecule has 4 heterocycles. The Balaban J connectivity index is 1.22. The Kier molecular flexibility index (Phi) is 9.92. The molecule has 0 aliphatic carbocycles. The van der Waals surface area contributed by atoms with E-state index in [-0.39, 0.29) is 32.7 Å². The summed E-state index contributed by atoms with van der Waals surface area (Å²) in [7, 11) is 1.48. The zero-order valence-corrected chi connectivity index (χ0v) is 29.3. The standard InChI is InChI=1S/C31H36BrClN6O6S/c1-17-26(37-29(43)45-30(2,3)4)31(16-44-17)9-11-39(12-10-31)21-13-35-22(14-34-21)46-20-8-6-7-19(24(20)33)36-27(41)23-25(40)18(32)15-38(5)28(23)42/h6-8,13-15,17,26,40H,9-12,16H2,1-5H3,(H,36,41)(H,37,43)/t17-,26+/m0/s1. The van der Waals surface area contributed by atoms with Crippen LogP contribution in [0.5, 0.6) is 5.75 Å². The van der Waals surface area contributed by atoms with Gasteiger partial charge in [0.2, 0.25) is 0 Å². The Labute approximate surface area is 284 Å². The van der Waals surface area contributed by atoms with Crippen molar-refractivity contribution in [2.24, 2.45) is 12.5 Å². The molecular formula is C31H36BrClN6O6S. The second-order valence-electron chi connectivity index (χ2n) is 12.5. The van der Waals surface area contributed by atoms with Crippen molar-refractivity contribution in [2.45, 2.75) is 68.2 Å². The van der Waals surface area contributed by atoms with Crippen molar-refractivity contribution in [3.63, 3.8) is 0 Å². The highest BCUT2D eigenvalue weighted by Crippen LogP contribution is 2.43. The Bertz CT molecular complexity index is 1690. The van der Waals surface area contributed by atoms with E-state index >= 15 is 0 Å². The fourth-order valence-corrected chi connectivity index (χ4v) is 7.30. The van der Waals surface area contributed by atoms with Crippen LogP contribution < -0.4 is 21.1 Å². The SMILES string of the molecule is C[C@@H]1OCC2(CCN(c3cnc(Sc4cccc(NC(=O)c5c(O)c(Br)cn(C)c5=O)c4Cl)cn3)CC2)[C@@H]1NC(=O)OC(C)(C)C. The molecule has 2 aliphatic heterocycles. The average Bonchev–Trinajstić information content (AvgIpc) is 3.28. The van der Waals surface area contributed by atoms with Crippen molar-refractivity contribution >= 4 is 62.8 Å². The Morgan fingerprint density at radius 2 is 1.93 bits per heavy atom. The lowest BCUT2D eigenvalue weighted by Crippen LogP contribution is -2.55. The van der Waals surface area contributed by atoms with Gasteiger partial charge in [0.15, 0.2) is 0 Å². The lowest BCUT2D eigenvalue weighted by molar-refractivity contribution is 0.0434. The van der Waals surface area contributed by atoms with Gasteiger partial charge in [-0.2, -0.15) is 0 Å². The summed E-state index contributed by atoms with van der Waals surface area (Å²) in [5, 5.41) is 16.9. The number of aromatic nitrogens is 3. The first kappa shape index (κ1) is 34.0. The third-order valence-electron chi connectivity index (χ3n) is 8.09. The molecule has 15 heteroatoms. The number of nitrogens with zero attached hydrogens (tertiary/aromatic N) is 4. The summed E-state index contributed by atoms with van der Waals surface area (Å²) in [5.74, 6) is -0.503. The molecule has 2 saturated heterocycles. The van der Waals surface area contributed by atoms with Crippen LogP contribution in [0.3, 0.4) is 0 Å². The normalized spacial score (nSPS) is 19.2. The quantitative estimate of drug-likeness (QED) is 0.292. The summed E-state index contributed by atoms with van der Waals surface area (Å²) in [6.45, 7) is 9.55. The molecule has 2 atom stereocenters. The highest BCUT2D eigenvalue weighted by Gasteiger charge is 2.50.